The topological polar surface area (TPSA) is 12.0 Å². The van der Waals surface area contributed by atoms with Crippen LogP contribution in [0.5, 0.6) is 0 Å². The van der Waals surface area contributed by atoms with Crippen molar-refractivity contribution < 1.29 is 0 Å². The van der Waals surface area contributed by atoms with E-state index in [0.29, 0.717) is 0 Å². The van der Waals surface area contributed by atoms with Crippen LogP contribution in [0.15, 0.2) is 52.3 Å². The third kappa shape index (κ3) is 1.59. The number of aryl methyl sites for hydroxylation is 1. The summed E-state index contributed by atoms with van der Waals surface area (Å²) in [4.78, 5) is 2.64. The first kappa shape index (κ1) is 9.79. The Morgan fingerprint density at radius 2 is 1.81 bits per heavy atom. The highest BCUT2D eigenvalue weighted by molar-refractivity contribution is 7.99. The first-order valence-electron chi connectivity index (χ1n) is 5.53. The molecule has 2 aromatic carbocycles. The standard InChI is InChI=1S/C14H13NS/c1-2-10-7-8-12-14(9-10)16-13-6-4-3-5-11(13)15-12/h3-9,15H,2H2,1H3. The van der Waals surface area contributed by atoms with Crippen LogP contribution in [0.25, 0.3) is 0 Å². The van der Waals surface area contributed by atoms with Crippen LogP contribution in [-0.2, 0) is 6.42 Å². The molecule has 1 aliphatic rings. The minimum absolute atomic E-state index is 1.09. The van der Waals surface area contributed by atoms with Gasteiger partial charge in [0.25, 0.3) is 0 Å². The second-order valence-electron chi connectivity index (χ2n) is 3.91. The van der Waals surface area contributed by atoms with E-state index in [-0.39, 0.29) is 0 Å². The molecule has 1 heterocycles. The maximum atomic E-state index is 3.47. The smallest absolute Gasteiger partial charge is 0.0526 e. The molecule has 0 saturated heterocycles. The zero-order chi connectivity index (χ0) is 11.0. The highest BCUT2D eigenvalue weighted by atomic mass is 32.2. The SMILES string of the molecule is CCc1ccc2c(c1)Sc1ccccc1N2. The lowest BCUT2D eigenvalue weighted by atomic mass is 10.1. The van der Waals surface area contributed by atoms with Gasteiger partial charge in [-0.3, -0.25) is 0 Å². The van der Waals surface area contributed by atoms with Gasteiger partial charge < -0.3 is 5.32 Å². The molecule has 2 heteroatoms. The van der Waals surface area contributed by atoms with Crippen molar-refractivity contribution in [1.29, 1.82) is 0 Å². The molecule has 1 aliphatic heterocycles. The summed E-state index contributed by atoms with van der Waals surface area (Å²) in [5, 5.41) is 3.47. The normalized spacial score (nSPS) is 12.6. The molecule has 0 fully saturated rings. The van der Waals surface area contributed by atoms with Crippen molar-refractivity contribution in [2.24, 2.45) is 0 Å². The van der Waals surface area contributed by atoms with Crippen LogP contribution >= 0.6 is 11.8 Å². The molecular weight excluding hydrogens is 214 g/mol. The molecule has 16 heavy (non-hydrogen) atoms. The number of fused-ring (bicyclic) bond motifs is 2. The summed E-state index contributed by atoms with van der Waals surface area (Å²) in [6, 6.07) is 15.1. The molecule has 0 amide bonds. The van der Waals surface area contributed by atoms with Crippen molar-refractivity contribution >= 4 is 23.1 Å². The minimum atomic E-state index is 1.09. The van der Waals surface area contributed by atoms with Crippen LogP contribution < -0.4 is 5.32 Å². The predicted octanol–water partition coefficient (Wildman–Crippen LogP) is 4.46. The second-order valence-corrected chi connectivity index (χ2v) is 4.99. The Hall–Kier alpha value is -1.41. The van der Waals surface area contributed by atoms with Gasteiger partial charge in [-0.1, -0.05) is 36.9 Å². The van der Waals surface area contributed by atoms with Gasteiger partial charge in [0.15, 0.2) is 0 Å². The number of benzene rings is 2. The van der Waals surface area contributed by atoms with E-state index >= 15 is 0 Å². The fourth-order valence-electron chi connectivity index (χ4n) is 1.90. The Kier molecular flexibility index (Phi) is 2.37. The summed E-state index contributed by atoms with van der Waals surface area (Å²) < 4.78 is 0. The first-order valence-corrected chi connectivity index (χ1v) is 6.35. The van der Waals surface area contributed by atoms with E-state index in [1.54, 1.807) is 0 Å². The van der Waals surface area contributed by atoms with Crippen LogP contribution in [-0.4, -0.2) is 0 Å². The third-order valence-electron chi connectivity index (χ3n) is 2.83. The predicted molar refractivity (Wildman–Crippen MR) is 69.7 cm³/mol. The van der Waals surface area contributed by atoms with E-state index in [9.17, 15) is 0 Å². The van der Waals surface area contributed by atoms with E-state index in [1.807, 2.05) is 11.8 Å². The Labute approximate surface area is 99.9 Å². The summed E-state index contributed by atoms with van der Waals surface area (Å²) in [5.41, 5.74) is 3.83. The zero-order valence-electron chi connectivity index (χ0n) is 9.16. The van der Waals surface area contributed by atoms with Gasteiger partial charge in [0, 0.05) is 9.79 Å². The van der Waals surface area contributed by atoms with E-state index < -0.39 is 0 Å². The van der Waals surface area contributed by atoms with Gasteiger partial charge in [-0.15, -0.1) is 0 Å². The number of anilines is 2. The summed E-state index contributed by atoms with van der Waals surface area (Å²) >= 11 is 1.85. The average molecular weight is 227 g/mol. The second kappa shape index (κ2) is 3.87. The van der Waals surface area contributed by atoms with Crippen molar-refractivity contribution in [3.8, 4) is 0 Å². The van der Waals surface area contributed by atoms with Gasteiger partial charge in [0.2, 0.25) is 0 Å². The molecule has 80 valence electrons. The molecule has 3 rings (SSSR count). The van der Waals surface area contributed by atoms with Gasteiger partial charge >= 0.3 is 0 Å². The molecule has 0 spiro atoms. The lowest BCUT2D eigenvalue weighted by molar-refractivity contribution is 1.12. The fraction of sp³-hybridized carbons (Fsp3) is 0.143. The quantitative estimate of drug-likeness (QED) is 0.659. The molecule has 0 radical (unpaired) electrons. The first-order chi connectivity index (χ1) is 7.86. The molecule has 0 aliphatic carbocycles. The zero-order valence-corrected chi connectivity index (χ0v) is 9.97. The summed E-state index contributed by atoms with van der Waals surface area (Å²) in [5.74, 6) is 0. The Morgan fingerprint density at radius 1 is 1.00 bits per heavy atom. The molecular formula is C14H13NS. The van der Waals surface area contributed by atoms with Crippen molar-refractivity contribution in [2.45, 2.75) is 23.1 Å². The number of hydrogen-bond donors (Lipinski definition) is 1. The molecule has 1 nitrogen and oxygen atoms in total. The largest absolute Gasteiger partial charge is 0.354 e. The monoisotopic (exact) mass is 227 g/mol. The highest BCUT2D eigenvalue weighted by Gasteiger charge is 2.14. The minimum Gasteiger partial charge on any atom is -0.354 e. The maximum absolute atomic E-state index is 3.47. The molecule has 0 saturated carbocycles. The summed E-state index contributed by atoms with van der Waals surface area (Å²) in [6.07, 6.45) is 1.09. The Morgan fingerprint density at radius 3 is 2.69 bits per heavy atom. The lowest BCUT2D eigenvalue weighted by Crippen LogP contribution is -1.99. The number of para-hydroxylation sites is 1. The molecule has 0 atom stereocenters. The fourth-order valence-corrected chi connectivity index (χ4v) is 2.95. The molecule has 1 N–H and O–H groups in total. The average Bonchev–Trinajstić information content (AvgIpc) is 2.35. The van der Waals surface area contributed by atoms with E-state index in [4.69, 9.17) is 0 Å². The van der Waals surface area contributed by atoms with Crippen molar-refractivity contribution in [3.05, 3.63) is 48.0 Å². The van der Waals surface area contributed by atoms with Crippen LogP contribution in [0, 0.1) is 0 Å². The van der Waals surface area contributed by atoms with Gasteiger partial charge in [-0.05, 0) is 36.2 Å². The summed E-state index contributed by atoms with van der Waals surface area (Å²) in [6.45, 7) is 2.19. The molecule has 0 bridgehead atoms. The maximum Gasteiger partial charge on any atom is 0.0526 e. The van der Waals surface area contributed by atoms with Crippen LogP contribution in [0.3, 0.4) is 0 Å². The number of hydrogen-bond acceptors (Lipinski definition) is 2. The van der Waals surface area contributed by atoms with Crippen LogP contribution in [0.2, 0.25) is 0 Å². The number of nitrogens with one attached hydrogen (secondary N) is 1. The molecule has 0 aromatic heterocycles. The lowest BCUT2D eigenvalue weighted by Gasteiger charge is -2.21. The summed E-state index contributed by atoms with van der Waals surface area (Å²) in [7, 11) is 0. The molecule has 0 unspecified atom stereocenters. The van der Waals surface area contributed by atoms with Crippen LogP contribution in [0.4, 0.5) is 11.4 Å². The van der Waals surface area contributed by atoms with Crippen LogP contribution in [0.1, 0.15) is 12.5 Å². The Balaban J connectivity index is 2.05. The van der Waals surface area contributed by atoms with Gasteiger partial charge in [-0.2, -0.15) is 0 Å². The van der Waals surface area contributed by atoms with E-state index in [1.165, 1.54) is 26.7 Å². The van der Waals surface area contributed by atoms with Crippen molar-refractivity contribution in [3.63, 3.8) is 0 Å². The van der Waals surface area contributed by atoms with Crippen molar-refractivity contribution in [1.82, 2.24) is 0 Å². The Bertz CT molecular complexity index is 534. The number of rotatable bonds is 1. The van der Waals surface area contributed by atoms with E-state index in [0.717, 1.165) is 6.42 Å². The van der Waals surface area contributed by atoms with Gasteiger partial charge in [0.1, 0.15) is 0 Å². The highest BCUT2D eigenvalue weighted by Crippen LogP contribution is 2.44. The third-order valence-corrected chi connectivity index (χ3v) is 3.96. The molecule has 2 aromatic rings. The van der Waals surface area contributed by atoms with E-state index in [2.05, 4.69) is 54.7 Å². The van der Waals surface area contributed by atoms with Gasteiger partial charge in [-0.25, -0.2) is 0 Å². The van der Waals surface area contributed by atoms with Crippen molar-refractivity contribution in [2.75, 3.05) is 5.32 Å². The van der Waals surface area contributed by atoms with Gasteiger partial charge in [0.05, 0.1) is 11.4 Å².